The van der Waals surface area contributed by atoms with Crippen LogP contribution in [0, 0.1) is 6.92 Å². The molecule has 0 bridgehead atoms. The Kier molecular flexibility index (Phi) is 5.48. The summed E-state index contributed by atoms with van der Waals surface area (Å²) >= 11 is 0. The van der Waals surface area contributed by atoms with E-state index in [9.17, 15) is 8.42 Å². The molecule has 142 valence electrons. The predicted octanol–water partition coefficient (Wildman–Crippen LogP) is 3.88. The zero-order chi connectivity index (χ0) is 20.3. The van der Waals surface area contributed by atoms with Crippen LogP contribution in [-0.2, 0) is 10.0 Å². The maximum absolute atomic E-state index is 11.7. The molecule has 0 amide bonds. The fraction of sp³-hybridized carbons (Fsp3) is 0.0952. The lowest BCUT2D eigenvalue weighted by Gasteiger charge is -2.13. The standard InChI is InChI=1S/C21H20N4O2S/c1-4-19(16-7-8-25-14(2)9-16)20-11-15(5-6-21(20)23-3)17-10-18(13-24-12-17)28(22,26)27/h4-13H,3H2,1-2H3,(H2,22,26,27)/b19-4-. The first-order chi connectivity index (χ1) is 13.3. The third-order valence-corrected chi connectivity index (χ3v) is 5.21. The monoisotopic (exact) mass is 392 g/mol. The number of hydrogen-bond donors (Lipinski definition) is 1. The smallest absolute Gasteiger partial charge is 0.239 e. The molecule has 2 aromatic heterocycles. The largest absolute Gasteiger partial charge is 0.264 e. The molecular formula is C21H20N4O2S. The van der Waals surface area contributed by atoms with Crippen LogP contribution in [0.3, 0.4) is 0 Å². The van der Waals surface area contributed by atoms with Crippen LogP contribution in [0.25, 0.3) is 16.7 Å². The summed E-state index contributed by atoms with van der Waals surface area (Å²) in [6.07, 6.45) is 6.59. The molecule has 2 N–H and O–H groups in total. The van der Waals surface area contributed by atoms with Crippen molar-refractivity contribution < 1.29 is 8.42 Å². The van der Waals surface area contributed by atoms with E-state index < -0.39 is 10.0 Å². The molecule has 1 aromatic carbocycles. The van der Waals surface area contributed by atoms with Gasteiger partial charge in [-0.3, -0.25) is 15.0 Å². The molecule has 0 aliphatic carbocycles. The maximum Gasteiger partial charge on any atom is 0.239 e. The van der Waals surface area contributed by atoms with Crippen LogP contribution in [0.15, 0.2) is 71.0 Å². The Balaban J connectivity index is 2.17. The molecule has 0 saturated heterocycles. The van der Waals surface area contributed by atoms with Crippen molar-refractivity contribution >= 4 is 28.0 Å². The molecule has 3 rings (SSSR count). The van der Waals surface area contributed by atoms with E-state index in [1.165, 1.54) is 12.3 Å². The average Bonchev–Trinajstić information content (AvgIpc) is 2.68. The maximum atomic E-state index is 11.7. The molecule has 0 saturated carbocycles. The Morgan fingerprint density at radius 1 is 1.14 bits per heavy atom. The van der Waals surface area contributed by atoms with Crippen LogP contribution >= 0.6 is 0 Å². The van der Waals surface area contributed by atoms with Gasteiger partial charge in [-0.25, -0.2) is 13.6 Å². The van der Waals surface area contributed by atoms with Crippen LogP contribution in [-0.4, -0.2) is 25.1 Å². The first-order valence-electron chi connectivity index (χ1n) is 8.52. The number of nitrogens with zero attached hydrogens (tertiary/aromatic N) is 3. The number of benzene rings is 1. The van der Waals surface area contributed by atoms with Crippen molar-refractivity contribution in [3.63, 3.8) is 0 Å². The number of aliphatic imine (C=N–C) groups is 1. The van der Waals surface area contributed by atoms with Gasteiger partial charge in [-0.15, -0.1) is 0 Å². The van der Waals surface area contributed by atoms with Gasteiger partial charge in [-0.05, 0) is 67.6 Å². The van der Waals surface area contributed by atoms with Gasteiger partial charge in [0.1, 0.15) is 4.90 Å². The van der Waals surface area contributed by atoms with Crippen molar-refractivity contribution in [3.8, 4) is 11.1 Å². The minimum Gasteiger partial charge on any atom is -0.264 e. The Labute approximate surface area is 164 Å². The summed E-state index contributed by atoms with van der Waals surface area (Å²) in [7, 11) is -3.83. The lowest BCUT2D eigenvalue weighted by Crippen LogP contribution is -2.12. The molecular weight excluding hydrogens is 372 g/mol. The fourth-order valence-electron chi connectivity index (χ4n) is 2.99. The summed E-state index contributed by atoms with van der Waals surface area (Å²) in [5.41, 5.74) is 5.93. The molecule has 0 unspecified atom stereocenters. The number of rotatable bonds is 5. The van der Waals surface area contributed by atoms with Gasteiger partial charge >= 0.3 is 0 Å². The van der Waals surface area contributed by atoms with E-state index in [2.05, 4.69) is 21.7 Å². The van der Waals surface area contributed by atoms with E-state index in [1.54, 1.807) is 12.4 Å². The minimum absolute atomic E-state index is 0.0338. The molecule has 0 radical (unpaired) electrons. The highest BCUT2D eigenvalue weighted by atomic mass is 32.2. The number of allylic oxidation sites excluding steroid dienone is 1. The Morgan fingerprint density at radius 3 is 2.57 bits per heavy atom. The van der Waals surface area contributed by atoms with Gasteiger partial charge in [0.25, 0.3) is 0 Å². The third kappa shape index (κ3) is 4.05. The third-order valence-electron chi connectivity index (χ3n) is 4.33. The number of aryl methyl sites for hydroxylation is 1. The number of primary sulfonamides is 1. The second-order valence-corrected chi connectivity index (χ2v) is 7.79. The highest BCUT2D eigenvalue weighted by Gasteiger charge is 2.14. The summed E-state index contributed by atoms with van der Waals surface area (Å²) in [6, 6.07) is 11.1. The topological polar surface area (TPSA) is 98.3 Å². The van der Waals surface area contributed by atoms with E-state index >= 15 is 0 Å². The van der Waals surface area contributed by atoms with Gasteiger partial charge in [-0.1, -0.05) is 12.1 Å². The van der Waals surface area contributed by atoms with Crippen LogP contribution in [0.1, 0.15) is 23.7 Å². The Hall–Kier alpha value is -3.16. The lowest BCUT2D eigenvalue weighted by atomic mass is 9.93. The van der Waals surface area contributed by atoms with Crippen LogP contribution in [0.2, 0.25) is 0 Å². The molecule has 6 nitrogen and oxygen atoms in total. The van der Waals surface area contributed by atoms with Gasteiger partial charge in [0.05, 0.1) is 5.69 Å². The van der Waals surface area contributed by atoms with Crippen molar-refractivity contribution in [2.75, 3.05) is 0 Å². The summed E-state index contributed by atoms with van der Waals surface area (Å²) in [5, 5.41) is 5.23. The van der Waals surface area contributed by atoms with E-state index in [1.807, 2.05) is 50.3 Å². The van der Waals surface area contributed by atoms with E-state index in [0.29, 0.717) is 5.56 Å². The van der Waals surface area contributed by atoms with E-state index in [0.717, 1.165) is 33.6 Å². The van der Waals surface area contributed by atoms with E-state index in [-0.39, 0.29) is 4.90 Å². The summed E-state index contributed by atoms with van der Waals surface area (Å²) in [5.74, 6) is 0. The summed E-state index contributed by atoms with van der Waals surface area (Å²) < 4.78 is 23.3. The first kappa shape index (κ1) is 19.6. The normalized spacial score (nSPS) is 12.0. The summed E-state index contributed by atoms with van der Waals surface area (Å²) in [4.78, 5) is 12.4. The van der Waals surface area contributed by atoms with Crippen LogP contribution in [0.4, 0.5) is 5.69 Å². The van der Waals surface area contributed by atoms with Crippen molar-refractivity contribution in [1.29, 1.82) is 0 Å². The zero-order valence-corrected chi connectivity index (χ0v) is 16.4. The molecule has 0 aliphatic heterocycles. The second-order valence-electron chi connectivity index (χ2n) is 6.23. The van der Waals surface area contributed by atoms with Crippen LogP contribution in [0.5, 0.6) is 0 Å². The second kappa shape index (κ2) is 7.84. The number of sulfonamides is 1. The molecule has 0 spiro atoms. The van der Waals surface area contributed by atoms with Crippen molar-refractivity contribution in [2.45, 2.75) is 18.7 Å². The SMILES string of the molecule is C=Nc1ccc(-c2cncc(S(N)(=O)=O)c2)cc1/C(=C\C)c1ccnc(C)c1. The van der Waals surface area contributed by atoms with Crippen molar-refractivity contribution in [2.24, 2.45) is 10.1 Å². The molecule has 0 aliphatic rings. The molecule has 3 aromatic rings. The van der Waals surface area contributed by atoms with Gasteiger partial charge in [0, 0.05) is 35.4 Å². The zero-order valence-electron chi connectivity index (χ0n) is 15.6. The predicted molar refractivity (Wildman–Crippen MR) is 112 cm³/mol. The van der Waals surface area contributed by atoms with Gasteiger partial charge in [0.2, 0.25) is 10.0 Å². The number of pyridine rings is 2. The van der Waals surface area contributed by atoms with Gasteiger partial charge < -0.3 is 0 Å². The lowest BCUT2D eigenvalue weighted by molar-refractivity contribution is 0.597. The Bertz CT molecular complexity index is 1180. The highest BCUT2D eigenvalue weighted by molar-refractivity contribution is 7.89. The number of hydrogen-bond acceptors (Lipinski definition) is 5. The minimum atomic E-state index is -3.83. The first-order valence-corrected chi connectivity index (χ1v) is 10.1. The molecule has 2 heterocycles. The van der Waals surface area contributed by atoms with Crippen molar-refractivity contribution in [3.05, 3.63) is 77.9 Å². The number of aromatic nitrogens is 2. The average molecular weight is 392 g/mol. The fourth-order valence-corrected chi connectivity index (χ4v) is 3.49. The quantitative estimate of drug-likeness (QED) is 0.666. The summed E-state index contributed by atoms with van der Waals surface area (Å²) in [6.45, 7) is 7.56. The number of nitrogens with two attached hydrogens (primary N) is 1. The molecule has 7 heteroatoms. The van der Waals surface area contributed by atoms with Gasteiger partial charge in [-0.2, -0.15) is 0 Å². The molecule has 0 atom stereocenters. The molecule has 0 fully saturated rings. The van der Waals surface area contributed by atoms with Crippen LogP contribution < -0.4 is 5.14 Å². The van der Waals surface area contributed by atoms with Crippen molar-refractivity contribution in [1.82, 2.24) is 9.97 Å². The molecule has 28 heavy (non-hydrogen) atoms. The van der Waals surface area contributed by atoms with Gasteiger partial charge in [0.15, 0.2) is 0 Å². The Morgan fingerprint density at radius 2 is 1.93 bits per heavy atom. The highest BCUT2D eigenvalue weighted by Crippen LogP contribution is 2.35. The van der Waals surface area contributed by atoms with E-state index in [4.69, 9.17) is 5.14 Å².